The molecule has 1 aromatic rings. The van der Waals surface area contributed by atoms with Crippen LogP contribution >= 0.6 is 11.6 Å². The second kappa shape index (κ2) is 7.35. The summed E-state index contributed by atoms with van der Waals surface area (Å²) < 4.78 is 44.4. The van der Waals surface area contributed by atoms with Gasteiger partial charge in [0, 0.05) is 20.0 Å². The lowest BCUT2D eigenvalue weighted by Crippen LogP contribution is -2.43. The summed E-state index contributed by atoms with van der Waals surface area (Å²) in [6.07, 6.45) is 0. The van der Waals surface area contributed by atoms with Gasteiger partial charge in [0.1, 0.15) is 5.82 Å². The van der Waals surface area contributed by atoms with Gasteiger partial charge in [-0.05, 0) is 18.6 Å². The fraction of sp³-hybridized carbons (Fsp3) is 0.533. The molecule has 0 aromatic heterocycles. The van der Waals surface area contributed by atoms with Crippen molar-refractivity contribution in [1.29, 1.82) is 0 Å². The molecule has 1 fully saturated rings. The zero-order valence-corrected chi connectivity index (χ0v) is 15.2. The Hall–Kier alpha value is -1.22. The number of carbonyl (C=O) groups is 1. The highest BCUT2D eigenvalue weighted by Gasteiger charge is 2.35. The number of sulfonamides is 1. The summed E-state index contributed by atoms with van der Waals surface area (Å²) in [6, 6.07) is 2.14. The third-order valence-corrected chi connectivity index (χ3v) is 6.46. The molecular weight excluding hydrogens is 359 g/mol. The number of halogens is 2. The average Bonchev–Trinajstić information content (AvgIpc) is 2.89. The van der Waals surface area contributed by atoms with E-state index in [1.807, 2.05) is 0 Å². The lowest BCUT2D eigenvalue weighted by atomic mass is 10.0. The summed E-state index contributed by atoms with van der Waals surface area (Å²) in [6.45, 7) is 2.05. The Labute approximate surface area is 146 Å². The van der Waals surface area contributed by atoms with Crippen molar-refractivity contribution in [3.8, 4) is 0 Å². The predicted molar refractivity (Wildman–Crippen MR) is 89.2 cm³/mol. The second-order valence-electron chi connectivity index (χ2n) is 5.99. The van der Waals surface area contributed by atoms with Crippen molar-refractivity contribution >= 4 is 27.5 Å². The topological polar surface area (TPSA) is 75.7 Å². The summed E-state index contributed by atoms with van der Waals surface area (Å²) in [4.78, 5) is 12.4. The van der Waals surface area contributed by atoms with Gasteiger partial charge >= 0.3 is 0 Å². The molecule has 134 valence electrons. The molecule has 0 radical (unpaired) electrons. The van der Waals surface area contributed by atoms with E-state index in [0.29, 0.717) is 5.56 Å². The summed E-state index contributed by atoms with van der Waals surface area (Å²) in [5.41, 5.74) is 0.343. The third-order valence-electron chi connectivity index (χ3n) is 4.01. The number of ether oxygens (including phenoxy) is 1. The van der Waals surface area contributed by atoms with Crippen LogP contribution in [0.3, 0.4) is 0 Å². The van der Waals surface area contributed by atoms with E-state index in [-0.39, 0.29) is 29.6 Å². The molecule has 0 saturated carbocycles. The van der Waals surface area contributed by atoms with Gasteiger partial charge in [0.25, 0.3) is 5.91 Å². The maximum atomic E-state index is 13.9. The standard InChI is InChI=1S/C15H20ClFN2O4S/c1-9-4-5-11(17)13(14(9)16)15(20)18-12-7-23-6-10(12)8-24(21,22)19(2)3/h4-5,10,12H,6-8H2,1-3H3,(H,18,20). The van der Waals surface area contributed by atoms with E-state index in [1.165, 1.54) is 26.2 Å². The van der Waals surface area contributed by atoms with Crippen LogP contribution in [0.5, 0.6) is 0 Å². The van der Waals surface area contributed by atoms with Crippen LogP contribution in [0.2, 0.25) is 5.02 Å². The number of hydrogen-bond donors (Lipinski definition) is 1. The first-order chi connectivity index (χ1) is 11.1. The van der Waals surface area contributed by atoms with E-state index in [1.54, 1.807) is 6.92 Å². The normalized spacial score (nSPS) is 21.2. The third kappa shape index (κ3) is 4.05. The minimum atomic E-state index is -3.44. The van der Waals surface area contributed by atoms with Crippen molar-refractivity contribution < 1.29 is 22.3 Å². The first-order valence-corrected chi connectivity index (χ1v) is 9.35. The SMILES string of the molecule is Cc1ccc(F)c(C(=O)NC2COCC2CS(=O)(=O)N(C)C)c1Cl. The number of nitrogens with one attached hydrogen (secondary N) is 1. The molecule has 1 saturated heterocycles. The first kappa shape index (κ1) is 19.1. The highest BCUT2D eigenvalue weighted by Crippen LogP contribution is 2.24. The molecule has 1 amide bonds. The van der Waals surface area contributed by atoms with Crippen LogP contribution in [-0.2, 0) is 14.8 Å². The Bertz CT molecular complexity index is 739. The Kier molecular flexibility index (Phi) is 5.85. The van der Waals surface area contributed by atoms with Gasteiger partial charge in [-0.25, -0.2) is 17.1 Å². The minimum Gasteiger partial charge on any atom is -0.379 e. The van der Waals surface area contributed by atoms with Gasteiger partial charge in [0.15, 0.2) is 0 Å². The minimum absolute atomic E-state index is 0.0453. The molecule has 6 nitrogen and oxygen atoms in total. The molecule has 0 spiro atoms. The lowest BCUT2D eigenvalue weighted by Gasteiger charge is -2.21. The molecule has 2 rings (SSSR count). The van der Waals surface area contributed by atoms with Gasteiger partial charge in [0.05, 0.1) is 35.6 Å². The molecule has 0 bridgehead atoms. The number of aryl methyl sites for hydroxylation is 1. The lowest BCUT2D eigenvalue weighted by molar-refractivity contribution is 0.0922. The Balaban J connectivity index is 2.16. The van der Waals surface area contributed by atoms with Crippen molar-refractivity contribution in [2.75, 3.05) is 33.1 Å². The summed E-state index contributed by atoms with van der Waals surface area (Å²) in [5, 5.41) is 2.69. The summed E-state index contributed by atoms with van der Waals surface area (Å²) in [5.74, 6) is -1.97. The van der Waals surface area contributed by atoms with E-state index in [4.69, 9.17) is 16.3 Å². The zero-order chi connectivity index (χ0) is 18.1. The number of rotatable bonds is 5. The number of nitrogens with zero attached hydrogens (tertiary/aromatic N) is 1. The van der Waals surface area contributed by atoms with Gasteiger partial charge in [-0.15, -0.1) is 0 Å². The fourth-order valence-electron chi connectivity index (χ4n) is 2.45. The van der Waals surface area contributed by atoms with Gasteiger partial charge in [-0.2, -0.15) is 0 Å². The number of hydrogen-bond acceptors (Lipinski definition) is 4. The van der Waals surface area contributed by atoms with E-state index in [2.05, 4.69) is 5.32 Å². The number of benzene rings is 1. The fourth-order valence-corrected chi connectivity index (χ4v) is 3.85. The summed E-state index contributed by atoms with van der Waals surface area (Å²) >= 11 is 6.03. The van der Waals surface area contributed by atoms with Crippen LogP contribution in [0.4, 0.5) is 4.39 Å². The molecule has 2 unspecified atom stereocenters. The Morgan fingerprint density at radius 1 is 1.42 bits per heavy atom. The molecule has 24 heavy (non-hydrogen) atoms. The molecule has 1 aromatic carbocycles. The maximum Gasteiger partial charge on any atom is 0.256 e. The second-order valence-corrected chi connectivity index (χ2v) is 8.60. The molecule has 1 N–H and O–H groups in total. The molecular formula is C15H20ClFN2O4S. The molecule has 1 aliphatic rings. The first-order valence-electron chi connectivity index (χ1n) is 7.37. The maximum absolute atomic E-state index is 13.9. The quantitative estimate of drug-likeness (QED) is 0.840. The van der Waals surface area contributed by atoms with Crippen LogP contribution < -0.4 is 5.32 Å². The van der Waals surface area contributed by atoms with Gasteiger partial charge < -0.3 is 10.1 Å². The van der Waals surface area contributed by atoms with Crippen molar-refractivity contribution in [3.05, 3.63) is 34.1 Å². The van der Waals surface area contributed by atoms with E-state index < -0.39 is 33.7 Å². The molecule has 9 heteroatoms. The van der Waals surface area contributed by atoms with E-state index >= 15 is 0 Å². The van der Waals surface area contributed by atoms with Gasteiger partial charge in [0.2, 0.25) is 10.0 Å². The molecule has 1 aliphatic heterocycles. The van der Waals surface area contributed by atoms with Crippen molar-refractivity contribution in [3.63, 3.8) is 0 Å². The monoisotopic (exact) mass is 378 g/mol. The molecule has 2 atom stereocenters. The highest BCUT2D eigenvalue weighted by molar-refractivity contribution is 7.89. The van der Waals surface area contributed by atoms with Gasteiger partial charge in [-0.1, -0.05) is 17.7 Å². The van der Waals surface area contributed by atoms with E-state index in [9.17, 15) is 17.6 Å². The Morgan fingerprint density at radius 3 is 2.71 bits per heavy atom. The summed E-state index contributed by atoms with van der Waals surface area (Å²) in [7, 11) is -0.546. The van der Waals surface area contributed by atoms with Crippen molar-refractivity contribution in [2.24, 2.45) is 5.92 Å². The largest absolute Gasteiger partial charge is 0.379 e. The van der Waals surface area contributed by atoms with Crippen LogP contribution in [0, 0.1) is 18.7 Å². The van der Waals surface area contributed by atoms with E-state index in [0.717, 1.165) is 4.31 Å². The number of amides is 1. The number of carbonyl (C=O) groups excluding carboxylic acids is 1. The predicted octanol–water partition coefficient (Wildman–Crippen LogP) is 1.42. The smallest absolute Gasteiger partial charge is 0.256 e. The van der Waals surface area contributed by atoms with Crippen LogP contribution in [0.25, 0.3) is 0 Å². The highest BCUT2D eigenvalue weighted by atomic mass is 35.5. The van der Waals surface area contributed by atoms with Crippen LogP contribution in [0.15, 0.2) is 12.1 Å². The Morgan fingerprint density at radius 2 is 2.08 bits per heavy atom. The molecule has 0 aliphatic carbocycles. The zero-order valence-electron chi connectivity index (χ0n) is 13.7. The van der Waals surface area contributed by atoms with Gasteiger partial charge in [-0.3, -0.25) is 4.79 Å². The van der Waals surface area contributed by atoms with Crippen LogP contribution in [-0.4, -0.2) is 57.7 Å². The molecule has 1 heterocycles. The average molecular weight is 379 g/mol. The van der Waals surface area contributed by atoms with Crippen molar-refractivity contribution in [1.82, 2.24) is 9.62 Å². The van der Waals surface area contributed by atoms with Crippen molar-refractivity contribution in [2.45, 2.75) is 13.0 Å². The van der Waals surface area contributed by atoms with Crippen LogP contribution in [0.1, 0.15) is 15.9 Å².